The molecule has 0 spiro atoms. The first-order chi connectivity index (χ1) is 15.6. The van der Waals surface area contributed by atoms with E-state index < -0.39 is 0 Å². The van der Waals surface area contributed by atoms with Gasteiger partial charge in [0.15, 0.2) is 0 Å². The maximum Gasteiger partial charge on any atom is 0.246 e. The summed E-state index contributed by atoms with van der Waals surface area (Å²) >= 11 is 0. The summed E-state index contributed by atoms with van der Waals surface area (Å²) in [6.07, 6.45) is 9.13. The van der Waals surface area contributed by atoms with Crippen molar-refractivity contribution in [3.8, 4) is 11.3 Å². The van der Waals surface area contributed by atoms with Crippen LogP contribution < -0.4 is 0 Å². The fraction of sp³-hybridized carbons (Fsp3) is 0.346. The Hall–Kier alpha value is -3.25. The molecular weight excluding hydrogens is 398 g/mol. The second kappa shape index (κ2) is 10.4. The number of hydrogen-bond donors (Lipinski definition) is 0. The van der Waals surface area contributed by atoms with Crippen LogP contribution in [0.5, 0.6) is 0 Å². The van der Waals surface area contributed by atoms with Crippen molar-refractivity contribution in [3.05, 3.63) is 78.3 Å². The molecule has 0 unspecified atom stereocenters. The van der Waals surface area contributed by atoms with E-state index in [0.29, 0.717) is 12.5 Å². The van der Waals surface area contributed by atoms with Crippen LogP contribution in [0.4, 0.5) is 0 Å². The molecule has 4 rings (SSSR count). The van der Waals surface area contributed by atoms with Gasteiger partial charge in [0.1, 0.15) is 5.69 Å². The number of carbonyl (C=O) groups is 1. The second-order valence-corrected chi connectivity index (χ2v) is 8.71. The molecule has 1 saturated heterocycles. The van der Waals surface area contributed by atoms with E-state index in [1.54, 1.807) is 12.3 Å². The van der Waals surface area contributed by atoms with E-state index in [9.17, 15) is 4.79 Å². The molecule has 0 saturated carbocycles. The highest BCUT2D eigenvalue weighted by molar-refractivity contribution is 5.92. The predicted octanol–water partition coefficient (Wildman–Crippen LogP) is 3.81. The zero-order chi connectivity index (χ0) is 22.3. The number of benzene rings is 1. The third kappa shape index (κ3) is 5.71. The molecule has 0 radical (unpaired) electrons. The van der Waals surface area contributed by atoms with Crippen molar-refractivity contribution in [1.82, 2.24) is 24.6 Å². The standard InChI is InChI=1S/C26H31N5O/c1-21(2)18-29-13-15-30(16-14-29)25(32)11-10-24-20-31(19-22-7-4-3-5-8-22)28-26(24)23-9-6-12-27-17-23/h3-12,17,20-21H,13-16,18-19H2,1-2H3/b11-10+. The molecule has 1 fully saturated rings. The minimum atomic E-state index is 0.0575. The highest BCUT2D eigenvalue weighted by atomic mass is 16.2. The van der Waals surface area contributed by atoms with Crippen LogP contribution in [0.1, 0.15) is 25.0 Å². The fourth-order valence-electron chi connectivity index (χ4n) is 4.07. The molecule has 0 aliphatic carbocycles. The molecular formula is C26H31N5O. The van der Waals surface area contributed by atoms with E-state index in [0.717, 1.165) is 49.5 Å². The SMILES string of the molecule is CC(C)CN1CCN(C(=O)/C=C/c2cn(Cc3ccccc3)nc2-c2cccnc2)CC1. The molecule has 1 aromatic carbocycles. The van der Waals surface area contributed by atoms with Crippen LogP contribution >= 0.6 is 0 Å². The zero-order valence-corrected chi connectivity index (χ0v) is 18.9. The quantitative estimate of drug-likeness (QED) is 0.536. The Kier molecular flexibility index (Phi) is 7.12. The molecule has 6 nitrogen and oxygen atoms in total. The van der Waals surface area contributed by atoms with Gasteiger partial charge in [-0.15, -0.1) is 0 Å². The Labute approximate surface area is 190 Å². The van der Waals surface area contributed by atoms with Gasteiger partial charge in [0.25, 0.3) is 0 Å². The molecule has 0 atom stereocenters. The monoisotopic (exact) mass is 429 g/mol. The first-order valence-electron chi connectivity index (χ1n) is 11.3. The lowest BCUT2D eigenvalue weighted by atomic mass is 10.1. The number of carbonyl (C=O) groups excluding carboxylic acids is 1. The summed E-state index contributed by atoms with van der Waals surface area (Å²) in [4.78, 5) is 21.4. The van der Waals surface area contributed by atoms with Gasteiger partial charge < -0.3 is 4.90 Å². The molecule has 0 bridgehead atoms. The molecule has 0 N–H and O–H groups in total. The summed E-state index contributed by atoms with van der Waals surface area (Å²) in [6, 6.07) is 14.1. The first-order valence-corrected chi connectivity index (χ1v) is 11.3. The Morgan fingerprint density at radius 3 is 2.53 bits per heavy atom. The average molecular weight is 430 g/mol. The van der Waals surface area contributed by atoms with Gasteiger partial charge in [-0.1, -0.05) is 44.2 Å². The molecule has 2 aromatic heterocycles. The van der Waals surface area contributed by atoms with Crippen LogP contribution in [0.2, 0.25) is 0 Å². The molecule has 1 aliphatic rings. The maximum atomic E-state index is 12.8. The zero-order valence-electron chi connectivity index (χ0n) is 18.9. The van der Waals surface area contributed by atoms with Crippen molar-refractivity contribution in [2.24, 2.45) is 5.92 Å². The van der Waals surface area contributed by atoms with Gasteiger partial charge in [-0.3, -0.25) is 19.4 Å². The van der Waals surface area contributed by atoms with Crippen molar-refractivity contribution < 1.29 is 4.79 Å². The number of rotatable bonds is 7. The van der Waals surface area contributed by atoms with Crippen LogP contribution in [0.15, 0.2) is 67.1 Å². The summed E-state index contributed by atoms with van der Waals surface area (Å²) < 4.78 is 1.92. The summed E-state index contributed by atoms with van der Waals surface area (Å²) in [6.45, 7) is 9.66. The first kappa shape index (κ1) is 22.0. The van der Waals surface area contributed by atoms with E-state index >= 15 is 0 Å². The van der Waals surface area contributed by atoms with Crippen molar-refractivity contribution >= 4 is 12.0 Å². The Bertz CT molecular complexity index is 1030. The largest absolute Gasteiger partial charge is 0.337 e. The third-order valence-corrected chi connectivity index (χ3v) is 5.63. The second-order valence-electron chi connectivity index (χ2n) is 8.71. The Morgan fingerprint density at radius 1 is 1.06 bits per heavy atom. The lowest BCUT2D eigenvalue weighted by molar-refractivity contribution is -0.127. The van der Waals surface area contributed by atoms with Crippen LogP contribution in [-0.2, 0) is 11.3 Å². The van der Waals surface area contributed by atoms with Crippen LogP contribution in [0, 0.1) is 5.92 Å². The summed E-state index contributed by atoms with van der Waals surface area (Å²) in [5.41, 5.74) is 3.87. The van der Waals surface area contributed by atoms with Gasteiger partial charge in [0, 0.05) is 68.5 Å². The number of aromatic nitrogens is 3. The minimum absolute atomic E-state index is 0.0575. The Balaban J connectivity index is 1.49. The molecule has 6 heteroatoms. The molecule has 166 valence electrons. The number of hydrogen-bond acceptors (Lipinski definition) is 4. The highest BCUT2D eigenvalue weighted by Gasteiger charge is 2.20. The van der Waals surface area contributed by atoms with Crippen LogP contribution in [0.3, 0.4) is 0 Å². The summed E-state index contributed by atoms with van der Waals surface area (Å²) in [7, 11) is 0. The molecule has 3 heterocycles. The average Bonchev–Trinajstić information content (AvgIpc) is 3.21. The fourth-order valence-corrected chi connectivity index (χ4v) is 4.07. The number of amides is 1. The number of pyridine rings is 1. The minimum Gasteiger partial charge on any atom is -0.337 e. The molecule has 1 aliphatic heterocycles. The van der Waals surface area contributed by atoms with Crippen molar-refractivity contribution in [3.63, 3.8) is 0 Å². The van der Waals surface area contributed by atoms with Gasteiger partial charge >= 0.3 is 0 Å². The van der Waals surface area contributed by atoms with E-state index in [4.69, 9.17) is 5.10 Å². The summed E-state index contributed by atoms with van der Waals surface area (Å²) in [5.74, 6) is 0.706. The van der Waals surface area contributed by atoms with E-state index in [1.807, 2.05) is 58.4 Å². The van der Waals surface area contributed by atoms with Gasteiger partial charge in [-0.2, -0.15) is 5.10 Å². The summed E-state index contributed by atoms with van der Waals surface area (Å²) in [5, 5.41) is 4.80. The smallest absolute Gasteiger partial charge is 0.246 e. The lowest BCUT2D eigenvalue weighted by Gasteiger charge is -2.35. The Morgan fingerprint density at radius 2 is 1.84 bits per heavy atom. The lowest BCUT2D eigenvalue weighted by Crippen LogP contribution is -2.49. The maximum absolute atomic E-state index is 12.8. The molecule has 32 heavy (non-hydrogen) atoms. The van der Waals surface area contributed by atoms with Gasteiger partial charge in [-0.05, 0) is 29.7 Å². The van der Waals surface area contributed by atoms with Crippen molar-refractivity contribution in [2.45, 2.75) is 20.4 Å². The van der Waals surface area contributed by atoms with Gasteiger partial charge in [-0.25, -0.2) is 0 Å². The van der Waals surface area contributed by atoms with Gasteiger partial charge in [0.2, 0.25) is 5.91 Å². The van der Waals surface area contributed by atoms with E-state index in [1.165, 1.54) is 5.56 Å². The number of piperazine rings is 1. The van der Waals surface area contributed by atoms with E-state index in [-0.39, 0.29) is 5.91 Å². The third-order valence-electron chi connectivity index (χ3n) is 5.63. The van der Waals surface area contributed by atoms with Crippen LogP contribution in [-0.4, -0.2) is 63.2 Å². The predicted molar refractivity (Wildman–Crippen MR) is 128 cm³/mol. The van der Waals surface area contributed by atoms with Crippen LogP contribution in [0.25, 0.3) is 17.3 Å². The highest BCUT2D eigenvalue weighted by Crippen LogP contribution is 2.23. The van der Waals surface area contributed by atoms with Crippen molar-refractivity contribution in [2.75, 3.05) is 32.7 Å². The van der Waals surface area contributed by atoms with Gasteiger partial charge in [0.05, 0.1) is 6.54 Å². The topological polar surface area (TPSA) is 54.3 Å². The molecule has 3 aromatic rings. The number of nitrogens with zero attached hydrogens (tertiary/aromatic N) is 5. The molecule has 1 amide bonds. The van der Waals surface area contributed by atoms with E-state index in [2.05, 4.69) is 35.9 Å². The van der Waals surface area contributed by atoms with Crippen molar-refractivity contribution in [1.29, 1.82) is 0 Å². The normalized spacial score (nSPS) is 15.0.